The molecule has 0 saturated carbocycles. The minimum atomic E-state index is -3.67. The predicted octanol–water partition coefficient (Wildman–Crippen LogP) is 2.18. The Bertz CT molecular complexity index is 866. The molecule has 2 aromatic rings. The van der Waals surface area contributed by atoms with E-state index in [1.54, 1.807) is 4.90 Å². The maximum atomic E-state index is 13.1. The van der Waals surface area contributed by atoms with Gasteiger partial charge in [0, 0.05) is 12.2 Å². The normalized spacial score (nSPS) is 13.7. The van der Waals surface area contributed by atoms with E-state index in [-0.39, 0.29) is 18.1 Å². The van der Waals surface area contributed by atoms with Crippen molar-refractivity contribution in [3.8, 4) is 0 Å². The van der Waals surface area contributed by atoms with Crippen LogP contribution >= 0.6 is 0 Å². The molecule has 5 nitrogen and oxygen atoms in total. The molecule has 0 fully saturated rings. The molecule has 3 rings (SSSR count). The van der Waals surface area contributed by atoms with Gasteiger partial charge in [0.05, 0.1) is 11.9 Å². The molecule has 0 radical (unpaired) electrons. The number of rotatable bonds is 4. The van der Waals surface area contributed by atoms with Gasteiger partial charge in [0.2, 0.25) is 15.9 Å². The lowest BCUT2D eigenvalue weighted by Crippen LogP contribution is -2.42. The molecule has 1 amide bonds. The van der Waals surface area contributed by atoms with Crippen molar-refractivity contribution in [2.24, 2.45) is 0 Å². The number of fused-ring (bicyclic) bond motifs is 1. The number of amides is 1. The van der Waals surface area contributed by atoms with E-state index >= 15 is 0 Å². The highest BCUT2D eigenvalue weighted by Gasteiger charge is 2.28. The molecule has 0 unspecified atom stereocenters. The van der Waals surface area contributed by atoms with Gasteiger partial charge in [-0.25, -0.2) is 12.8 Å². The van der Waals surface area contributed by atoms with Crippen LogP contribution in [0.4, 0.5) is 15.8 Å². The van der Waals surface area contributed by atoms with Crippen molar-refractivity contribution in [2.75, 3.05) is 28.6 Å². The van der Waals surface area contributed by atoms with Crippen molar-refractivity contribution < 1.29 is 17.6 Å². The summed E-state index contributed by atoms with van der Waals surface area (Å²) in [7, 11) is -3.67. The van der Waals surface area contributed by atoms with E-state index in [9.17, 15) is 17.6 Å². The summed E-state index contributed by atoms with van der Waals surface area (Å²) in [5, 5.41) is 0. The van der Waals surface area contributed by atoms with E-state index < -0.39 is 15.8 Å². The Morgan fingerprint density at radius 2 is 1.83 bits per heavy atom. The van der Waals surface area contributed by atoms with E-state index in [0.29, 0.717) is 6.54 Å². The molecular weight excluding hydrogens is 331 g/mol. The Morgan fingerprint density at radius 1 is 1.17 bits per heavy atom. The molecular formula is C17H17FN2O3S. The molecule has 0 bridgehead atoms. The minimum absolute atomic E-state index is 0.264. The largest absolute Gasteiger partial charge is 0.310 e. The number of sulfonamides is 1. The standard InChI is InChI=1S/C17H17FN2O3S/c1-24(22,23)20(15-8-6-14(18)7-9-15)12-17(21)19-11-10-13-4-2-3-5-16(13)19/h2-9H,10-12H2,1H3. The van der Waals surface area contributed by atoms with Crippen molar-refractivity contribution in [1.29, 1.82) is 0 Å². The monoisotopic (exact) mass is 348 g/mol. The second-order valence-electron chi connectivity index (χ2n) is 5.67. The smallest absolute Gasteiger partial charge is 0.247 e. The third kappa shape index (κ3) is 3.26. The summed E-state index contributed by atoms with van der Waals surface area (Å²) in [5.74, 6) is -0.776. The number of hydrogen-bond donors (Lipinski definition) is 0. The summed E-state index contributed by atoms with van der Waals surface area (Å²) in [4.78, 5) is 14.2. The molecule has 0 N–H and O–H groups in total. The third-order valence-corrected chi connectivity index (χ3v) is 5.12. The topological polar surface area (TPSA) is 57.7 Å². The van der Waals surface area contributed by atoms with E-state index in [0.717, 1.165) is 28.2 Å². The van der Waals surface area contributed by atoms with Crippen LogP contribution in [-0.4, -0.2) is 33.7 Å². The zero-order chi connectivity index (χ0) is 17.3. The van der Waals surface area contributed by atoms with Gasteiger partial charge in [0.15, 0.2) is 0 Å². The van der Waals surface area contributed by atoms with Crippen molar-refractivity contribution in [3.05, 3.63) is 59.9 Å². The molecule has 1 aliphatic rings. The van der Waals surface area contributed by atoms with Crippen molar-refractivity contribution >= 4 is 27.3 Å². The minimum Gasteiger partial charge on any atom is -0.310 e. The molecule has 0 aromatic heterocycles. The molecule has 1 heterocycles. The van der Waals surface area contributed by atoms with Gasteiger partial charge < -0.3 is 4.90 Å². The van der Waals surface area contributed by atoms with Gasteiger partial charge in [-0.15, -0.1) is 0 Å². The summed E-state index contributed by atoms with van der Waals surface area (Å²) in [6.45, 7) is 0.206. The Balaban J connectivity index is 1.86. The van der Waals surface area contributed by atoms with Crippen LogP contribution in [0.1, 0.15) is 5.56 Å². The number of carbonyl (C=O) groups is 1. The fourth-order valence-electron chi connectivity index (χ4n) is 2.81. The molecule has 126 valence electrons. The highest BCUT2D eigenvalue weighted by atomic mass is 32.2. The quantitative estimate of drug-likeness (QED) is 0.851. The number of anilines is 2. The van der Waals surface area contributed by atoms with E-state index in [4.69, 9.17) is 0 Å². The Labute approximate surface area is 140 Å². The molecule has 7 heteroatoms. The first-order chi connectivity index (χ1) is 11.4. The molecule has 0 atom stereocenters. The molecule has 0 aliphatic carbocycles. The molecule has 0 saturated heterocycles. The van der Waals surface area contributed by atoms with Crippen LogP contribution in [0.25, 0.3) is 0 Å². The van der Waals surface area contributed by atoms with E-state index in [2.05, 4.69) is 0 Å². The van der Waals surface area contributed by atoms with Crippen LogP contribution in [0.5, 0.6) is 0 Å². The van der Waals surface area contributed by atoms with Gasteiger partial charge >= 0.3 is 0 Å². The number of halogens is 1. The SMILES string of the molecule is CS(=O)(=O)N(CC(=O)N1CCc2ccccc21)c1ccc(F)cc1. The highest BCUT2D eigenvalue weighted by molar-refractivity contribution is 7.92. The first-order valence-electron chi connectivity index (χ1n) is 7.48. The maximum Gasteiger partial charge on any atom is 0.247 e. The Morgan fingerprint density at radius 3 is 2.50 bits per heavy atom. The van der Waals surface area contributed by atoms with Crippen LogP contribution in [0, 0.1) is 5.82 Å². The average molecular weight is 348 g/mol. The lowest BCUT2D eigenvalue weighted by atomic mass is 10.2. The van der Waals surface area contributed by atoms with Gasteiger partial charge in [-0.3, -0.25) is 9.10 Å². The Kier molecular flexibility index (Phi) is 4.28. The van der Waals surface area contributed by atoms with Gasteiger partial charge in [0.1, 0.15) is 12.4 Å². The lowest BCUT2D eigenvalue weighted by Gasteiger charge is -2.25. The highest BCUT2D eigenvalue weighted by Crippen LogP contribution is 2.28. The Hall–Kier alpha value is -2.41. The summed E-state index contributed by atoms with van der Waals surface area (Å²) < 4.78 is 38.2. The first-order valence-corrected chi connectivity index (χ1v) is 9.32. The molecule has 0 spiro atoms. The maximum absolute atomic E-state index is 13.1. The second-order valence-corrected chi connectivity index (χ2v) is 7.58. The van der Waals surface area contributed by atoms with Crippen LogP contribution in [0.3, 0.4) is 0 Å². The van der Waals surface area contributed by atoms with Crippen molar-refractivity contribution in [3.63, 3.8) is 0 Å². The first kappa shape index (κ1) is 16.4. The summed E-state index contributed by atoms with van der Waals surface area (Å²) in [5.41, 5.74) is 2.15. The third-order valence-electron chi connectivity index (χ3n) is 3.98. The van der Waals surface area contributed by atoms with Gasteiger partial charge in [-0.05, 0) is 42.3 Å². The second kappa shape index (κ2) is 6.24. The van der Waals surface area contributed by atoms with E-state index in [1.807, 2.05) is 24.3 Å². The van der Waals surface area contributed by atoms with Crippen molar-refractivity contribution in [1.82, 2.24) is 0 Å². The fourth-order valence-corrected chi connectivity index (χ4v) is 3.66. The predicted molar refractivity (Wildman–Crippen MR) is 91.1 cm³/mol. The van der Waals surface area contributed by atoms with Crippen molar-refractivity contribution in [2.45, 2.75) is 6.42 Å². The van der Waals surface area contributed by atoms with Crippen LogP contribution in [0.2, 0.25) is 0 Å². The van der Waals surface area contributed by atoms with E-state index in [1.165, 1.54) is 24.3 Å². The number of benzene rings is 2. The number of carbonyl (C=O) groups excluding carboxylic acids is 1. The zero-order valence-electron chi connectivity index (χ0n) is 13.1. The number of para-hydroxylation sites is 1. The number of nitrogens with zero attached hydrogens (tertiary/aromatic N) is 2. The molecule has 1 aliphatic heterocycles. The van der Waals surface area contributed by atoms with Gasteiger partial charge in [-0.2, -0.15) is 0 Å². The lowest BCUT2D eigenvalue weighted by molar-refractivity contribution is -0.117. The zero-order valence-corrected chi connectivity index (χ0v) is 14.0. The molecule has 24 heavy (non-hydrogen) atoms. The van der Waals surface area contributed by atoms with Crippen LogP contribution in [-0.2, 0) is 21.2 Å². The molecule has 2 aromatic carbocycles. The van der Waals surface area contributed by atoms with Gasteiger partial charge in [-0.1, -0.05) is 18.2 Å². The van der Waals surface area contributed by atoms with Crippen LogP contribution in [0.15, 0.2) is 48.5 Å². The number of hydrogen-bond acceptors (Lipinski definition) is 3. The van der Waals surface area contributed by atoms with Gasteiger partial charge in [0.25, 0.3) is 0 Å². The fraction of sp³-hybridized carbons (Fsp3) is 0.235. The summed E-state index contributed by atoms with van der Waals surface area (Å²) in [6.07, 6.45) is 1.78. The average Bonchev–Trinajstić information content (AvgIpc) is 2.96. The summed E-state index contributed by atoms with van der Waals surface area (Å²) >= 11 is 0. The van der Waals surface area contributed by atoms with Crippen LogP contribution < -0.4 is 9.21 Å². The summed E-state index contributed by atoms with van der Waals surface area (Å²) in [6, 6.07) is 12.6.